The molecule has 1 saturated heterocycles. The van der Waals surface area contributed by atoms with Crippen LogP contribution in [0.25, 0.3) is 0 Å². The van der Waals surface area contributed by atoms with Gasteiger partial charge in [-0.15, -0.1) is 0 Å². The molecule has 21 heavy (non-hydrogen) atoms. The molecule has 0 aromatic heterocycles. The normalized spacial score (nSPS) is 30.1. The zero-order valence-electron chi connectivity index (χ0n) is 13.3. The zero-order chi connectivity index (χ0) is 14.7. The van der Waals surface area contributed by atoms with Gasteiger partial charge in [-0.05, 0) is 43.4 Å². The van der Waals surface area contributed by atoms with E-state index in [9.17, 15) is 0 Å². The van der Waals surface area contributed by atoms with Gasteiger partial charge in [0.2, 0.25) is 0 Å². The minimum Gasteiger partial charge on any atom is -0.374 e. The average Bonchev–Trinajstić information content (AvgIpc) is 2.47. The first-order valence-electron chi connectivity index (χ1n) is 8.39. The Hall–Kier alpha value is -0.900. The van der Waals surface area contributed by atoms with Gasteiger partial charge in [-0.25, -0.2) is 0 Å². The van der Waals surface area contributed by atoms with Crippen molar-refractivity contribution in [3.8, 4) is 0 Å². The van der Waals surface area contributed by atoms with Crippen LogP contribution in [-0.4, -0.2) is 49.8 Å². The summed E-state index contributed by atoms with van der Waals surface area (Å²) in [4.78, 5) is 2.48. The molecule has 1 heterocycles. The van der Waals surface area contributed by atoms with Gasteiger partial charge in [-0.1, -0.05) is 31.2 Å². The predicted molar refractivity (Wildman–Crippen MR) is 86.8 cm³/mol. The highest BCUT2D eigenvalue weighted by Crippen LogP contribution is 2.38. The fraction of sp³-hybridized carbons (Fsp3) is 0.667. The van der Waals surface area contributed by atoms with Gasteiger partial charge in [0.1, 0.15) is 0 Å². The van der Waals surface area contributed by atoms with E-state index in [4.69, 9.17) is 4.74 Å². The summed E-state index contributed by atoms with van der Waals surface area (Å²) in [5.41, 5.74) is 2.98. The van der Waals surface area contributed by atoms with Crippen molar-refractivity contribution in [1.29, 1.82) is 0 Å². The number of ether oxygens (including phenoxy) is 1. The number of benzene rings is 1. The maximum Gasteiger partial charge on any atom is 0.0826 e. The summed E-state index contributed by atoms with van der Waals surface area (Å²) in [5, 5.41) is 3.70. The third kappa shape index (κ3) is 3.65. The number of aryl methyl sites for hydroxylation is 1. The van der Waals surface area contributed by atoms with E-state index in [2.05, 4.69) is 48.3 Å². The molecule has 2 fully saturated rings. The third-order valence-corrected chi connectivity index (χ3v) is 5.07. The van der Waals surface area contributed by atoms with Crippen molar-refractivity contribution >= 4 is 0 Å². The molecular weight excluding hydrogens is 260 g/mol. The Morgan fingerprint density at radius 2 is 2.10 bits per heavy atom. The van der Waals surface area contributed by atoms with Gasteiger partial charge < -0.3 is 10.1 Å². The molecule has 1 saturated carbocycles. The molecule has 1 aliphatic heterocycles. The molecule has 1 atom stereocenters. The van der Waals surface area contributed by atoms with Crippen molar-refractivity contribution in [3.05, 3.63) is 35.4 Å². The summed E-state index contributed by atoms with van der Waals surface area (Å²) in [6.07, 6.45) is 2.92. The Bertz CT molecular complexity index is 456. The van der Waals surface area contributed by atoms with E-state index in [-0.39, 0.29) is 0 Å². The van der Waals surface area contributed by atoms with Crippen molar-refractivity contribution in [2.45, 2.75) is 44.8 Å². The van der Waals surface area contributed by atoms with E-state index < -0.39 is 0 Å². The van der Waals surface area contributed by atoms with Crippen molar-refractivity contribution in [3.63, 3.8) is 0 Å². The fourth-order valence-electron chi connectivity index (χ4n) is 3.57. The average molecular weight is 288 g/mol. The Morgan fingerprint density at radius 3 is 2.86 bits per heavy atom. The Labute approximate surface area is 128 Å². The first kappa shape index (κ1) is 15.0. The lowest BCUT2D eigenvalue weighted by Gasteiger charge is -2.39. The van der Waals surface area contributed by atoms with Gasteiger partial charge in [-0.3, -0.25) is 4.90 Å². The number of nitrogens with one attached hydrogen (secondary N) is 1. The SMILES string of the molecule is CCN1CCOC(CNC2CC(c3ccccc3C)C2)C1. The molecule has 0 amide bonds. The second-order valence-corrected chi connectivity index (χ2v) is 6.52. The topological polar surface area (TPSA) is 24.5 Å². The van der Waals surface area contributed by atoms with Crippen LogP contribution in [0.15, 0.2) is 24.3 Å². The molecule has 0 spiro atoms. The van der Waals surface area contributed by atoms with Crippen LogP contribution in [0.5, 0.6) is 0 Å². The minimum absolute atomic E-state index is 0.371. The summed E-state index contributed by atoms with van der Waals surface area (Å²) in [5.74, 6) is 0.753. The summed E-state index contributed by atoms with van der Waals surface area (Å²) >= 11 is 0. The Kier molecular flexibility index (Phi) is 4.94. The lowest BCUT2D eigenvalue weighted by molar-refractivity contribution is -0.0277. The first-order valence-corrected chi connectivity index (χ1v) is 8.39. The number of hydrogen-bond donors (Lipinski definition) is 1. The van der Waals surface area contributed by atoms with E-state index in [0.717, 1.165) is 38.7 Å². The maximum absolute atomic E-state index is 5.86. The third-order valence-electron chi connectivity index (χ3n) is 5.07. The largest absolute Gasteiger partial charge is 0.374 e. The van der Waals surface area contributed by atoms with Crippen LogP contribution in [0.2, 0.25) is 0 Å². The Morgan fingerprint density at radius 1 is 1.29 bits per heavy atom. The number of hydrogen-bond acceptors (Lipinski definition) is 3. The van der Waals surface area contributed by atoms with Crippen LogP contribution in [-0.2, 0) is 4.74 Å². The predicted octanol–water partition coefficient (Wildman–Crippen LogP) is 2.55. The number of likely N-dealkylation sites (N-methyl/N-ethyl adjacent to an activating group) is 1. The Balaban J connectivity index is 1.40. The summed E-state index contributed by atoms with van der Waals surface area (Å²) in [6, 6.07) is 9.49. The highest BCUT2D eigenvalue weighted by molar-refractivity contribution is 5.31. The molecule has 0 bridgehead atoms. The standard InChI is InChI=1S/C18H28N2O/c1-3-20-8-9-21-17(13-20)12-19-16-10-15(11-16)18-7-5-4-6-14(18)2/h4-7,15-17,19H,3,8-13H2,1-2H3. The summed E-state index contributed by atoms with van der Waals surface area (Å²) < 4.78 is 5.86. The molecule has 1 aromatic carbocycles. The van der Waals surface area contributed by atoms with Crippen LogP contribution in [0.4, 0.5) is 0 Å². The van der Waals surface area contributed by atoms with E-state index >= 15 is 0 Å². The molecule has 3 nitrogen and oxygen atoms in total. The van der Waals surface area contributed by atoms with Crippen LogP contribution in [0.3, 0.4) is 0 Å². The molecule has 3 heteroatoms. The minimum atomic E-state index is 0.371. The van der Waals surface area contributed by atoms with Gasteiger partial charge in [-0.2, -0.15) is 0 Å². The zero-order valence-corrected chi connectivity index (χ0v) is 13.3. The van der Waals surface area contributed by atoms with Crippen molar-refractivity contribution in [2.24, 2.45) is 0 Å². The molecule has 2 aliphatic rings. The summed E-state index contributed by atoms with van der Waals surface area (Å²) in [7, 11) is 0. The molecule has 3 rings (SSSR count). The van der Waals surface area contributed by atoms with Crippen molar-refractivity contribution < 1.29 is 4.74 Å². The van der Waals surface area contributed by atoms with E-state index in [1.807, 2.05) is 0 Å². The smallest absolute Gasteiger partial charge is 0.0826 e. The number of morpholine rings is 1. The van der Waals surface area contributed by atoms with Crippen LogP contribution < -0.4 is 5.32 Å². The quantitative estimate of drug-likeness (QED) is 0.901. The highest BCUT2D eigenvalue weighted by atomic mass is 16.5. The fourth-order valence-corrected chi connectivity index (χ4v) is 3.57. The lowest BCUT2D eigenvalue weighted by atomic mass is 9.74. The first-order chi connectivity index (χ1) is 10.3. The highest BCUT2D eigenvalue weighted by Gasteiger charge is 2.31. The summed E-state index contributed by atoms with van der Waals surface area (Å²) in [6.45, 7) is 9.65. The van der Waals surface area contributed by atoms with E-state index in [1.165, 1.54) is 18.4 Å². The molecule has 1 N–H and O–H groups in total. The molecule has 1 aromatic rings. The van der Waals surface area contributed by atoms with Gasteiger partial charge in [0, 0.05) is 25.7 Å². The van der Waals surface area contributed by atoms with Crippen molar-refractivity contribution in [1.82, 2.24) is 10.2 Å². The van der Waals surface area contributed by atoms with Gasteiger partial charge in [0.05, 0.1) is 12.7 Å². The molecule has 1 aliphatic carbocycles. The molecule has 1 unspecified atom stereocenters. The van der Waals surface area contributed by atoms with Gasteiger partial charge in [0.25, 0.3) is 0 Å². The van der Waals surface area contributed by atoms with Crippen LogP contribution >= 0.6 is 0 Å². The molecule has 0 radical (unpaired) electrons. The van der Waals surface area contributed by atoms with E-state index in [0.29, 0.717) is 12.1 Å². The molecular formula is C18H28N2O. The van der Waals surface area contributed by atoms with Crippen LogP contribution in [0, 0.1) is 6.92 Å². The van der Waals surface area contributed by atoms with Crippen molar-refractivity contribution in [2.75, 3.05) is 32.8 Å². The van der Waals surface area contributed by atoms with Gasteiger partial charge >= 0.3 is 0 Å². The second kappa shape index (κ2) is 6.91. The monoisotopic (exact) mass is 288 g/mol. The van der Waals surface area contributed by atoms with Gasteiger partial charge in [0.15, 0.2) is 0 Å². The second-order valence-electron chi connectivity index (χ2n) is 6.52. The number of rotatable bonds is 5. The lowest BCUT2D eigenvalue weighted by Crippen LogP contribution is -2.50. The molecule has 116 valence electrons. The van der Waals surface area contributed by atoms with Crippen LogP contribution in [0.1, 0.15) is 36.8 Å². The number of nitrogens with zero attached hydrogens (tertiary/aromatic N) is 1. The van der Waals surface area contributed by atoms with E-state index in [1.54, 1.807) is 5.56 Å². The maximum atomic E-state index is 5.86.